The van der Waals surface area contributed by atoms with Crippen molar-refractivity contribution >= 4 is 23.2 Å². The summed E-state index contributed by atoms with van der Waals surface area (Å²) in [6.45, 7) is 3.83. The third-order valence-electron chi connectivity index (χ3n) is 3.41. The molecule has 0 bridgehead atoms. The van der Waals surface area contributed by atoms with Gasteiger partial charge in [-0.15, -0.1) is 13.0 Å². The summed E-state index contributed by atoms with van der Waals surface area (Å²) in [5, 5.41) is 1.23. The van der Waals surface area contributed by atoms with Crippen molar-refractivity contribution in [2.24, 2.45) is 0 Å². The van der Waals surface area contributed by atoms with E-state index in [2.05, 4.69) is 17.5 Å². The van der Waals surface area contributed by atoms with Crippen LogP contribution in [0.25, 0.3) is 0 Å². The summed E-state index contributed by atoms with van der Waals surface area (Å²) >= 11 is 12.3. The summed E-state index contributed by atoms with van der Waals surface area (Å²) in [5.41, 5.74) is 1.98. The minimum Gasteiger partial charge on any atom is -0.264 e. The van der Waals surface area contributed by atoms with Crippen molar-refractivity contribution < 1.29 is 0 Å². The number of aromatic nitrogens is 1. The number of rotatable bonds is 5. The monoisotopic (exact) mass is 315 g/mol. The normalized spacial score (nSPS) is 13.2. The van der Waals surface area contributed by atoms with E-state index in [1.54, 1.807) is 18.5 Å². The minimum atomic E-state index is -0.115. The van der Waals surface area contributed by atoms with Gasteiger partial charge in [-0.1, -0.05) is 47.3 Å². The minimum absolute atomic E-state index is 0.0430. The SMILES string of the molecule is C#CC(c1cccnc1)C(CC=C)c1ccc(Cl)cc1Cl. The summed E-state index contributed by atoms with van der Waals surface area (Å²) in [4.78, 5) is 4.15. The van der Waals surface area contributed by atoms with Gasteiger partial charge in [0.15, 0.2) is 0 Å². The molecule has 1 aromatic carbocycles. The Labute approximate surface area is 135 Å². The van der Waals surface area contributed by atoms with E-state index in [4.69, 9.17) is 29.6 Å². The first-order chi connectivity index (χ1) is 10.2. The lowest BCUT2D eigenvalue weighted by Crippen LogP contribution is -2.10. The maximum absolute atomic E-state index is 6.35. The van der Waals surface area contributed by atoms with Gasteiger partial charge in [0, 0.05) is 28.4 Å². The van der Waals surface area contributed by atoms with Crippen molar-refractivity contribution in [3.63, 3.8) is 0 Å². The van der Waals surface area contributed by atoms with Gasteiger partial charge in [-0.05, 0) is 35.7 Å². The molecular formula is C18H15Cl2N. The van der Waals surface area contributed by atoms with E-state index < -0.39 is 0 Å². The molecule has 0 fully saturated rings. The Bertz CT molecular complexity index is 659. The Morgan fingerprint density at radius 1 is 1.33 bits per heavy atom. The van der Waals surface area contributed by atoms with Gasteiger partial charge in [0.2, 0.25) is 0 Å². The maximum Gasteiger partial charge on any atom is 0.0536 e. The number of hydrogen-bond donors (Lipinski definition) is 0. The maximum atomic E-state index is 6.35. The van der Waals surface area contributed by atoms with Gasteiger partial charge in [0.1, 0.15) is 0 Å². The van der Waals surface area contributed by atoms with E-state index in [1.165, 1.54) is 0 Å². The number of nitrogens with zero attached hydrogens (tertiary/aromatic N) is 1. The Morgan fingerprint density at radius 3 is 2.71 bits per heavy atom. The van der Waals surface area contributed by atoms with Gasteiger partial charge in [-0.3, -0.25) is 4.98 Å². The predicted octanol–water partition coefficient (Wildman–Crippen LogP) is 5.47. The van der Waals surface area contributed by atoms with Crippen LogP contribution in [0.3, 0.4) is 0 Å². The van der Waals surface area contributed by atoms with Crippen LogP contribution in [0.15, 0.2) is 55.4 Å². The molecule has 2 atom stereocenters. The van der Waals surface area contributed by atoms with Gasteiger partial charge in [0.25, 0.3) is 0 Å². The number of allylic oxidation sites excluding steroid dienone is 1. The molecule has 0 saturated carbocycles. The van der Waals surface area contributed by atoms with E-state index in [1.807, 2.05) is 30.3 Å². The van der Waals surface area contributed by atoms with E-state index in [9.17, 15) is 0 Å². The van der Waals surface area contributed by atoms with E-state index >= 15 is 0 Å². The molecule has 0 aliphatic heterocycles. The van der Waals surface area contributed by atoms with Crippen LogP contribution < -0.4 is 0 Å². The molecule has 1 aromatic heterocycles. The highest BCUT2D eigenvalue weighted by Crippen LogP contribution is 2.39. The molecule has 0 spiro atoms. The van der Waals surface area contributed by atoms with Gasteiger partial charge in [0.05, 0.1) is 5.92 Å². The summed E-state index contributed by atoms with van der Waals surface area (Å²) in [7, 11) is 0. The fourth-order valence-electron chi connectivity index (χ4n) is 2.43. The fraction of sp³-hybridized carbons (Fsp3) is 0.167. The third-order valence-corrected chi connectivity index (χ3v) is 3.97. The molecule has 1 heterocycles. The van der Waals surface area contributed by atoms with E-state index in [-0.39, 0.29) is 11.8 Å². The Hall–Kier alpha value is -1.75. The molecule has 0 amide bonds. The second-order valence-corrected chi connectivity index (χ2v) is 5.57. The quantitative estimate of drug-likeness (QED) is 0.527. The molecule has 3 heteroatoms. The van der Waals surface area contributed by atoms with Gasteiger partial charge >= 0.3 is 0 Å². The number of terminal acetylenes is 1. The first kappa shape index (κ1) is 15.6. The molecule has 2 aromatic rings. The lowest BCUT2D eigenvalue weighted by molar-refractivity contribution is 0.640. The third kappa shape index (κ3) is 3.67. The molecule has 0 aliphatic carbocycles. The van der Waals surface area contributed by atoms with E-state index in [0.29, 0.717) is 10.0 Å². The van der Waals surface area contributed by atoms with Crippen LogP contribution in [0.4, 0.5) is 0 Å². The Kier molecular flexibility index (Phi) is 5.44. The number of pyridine rings is 1. The summed E-state index contributed by atoms with van der Waals surface area (Å²) in [6.07, 6.45) is 11.9. The second kappa shape index (κ2) is 7.31. The van der Waals surface area contributed by atoms with E-state index in [0.717, 1.165) is 17.5 Å². The van der Waals surface area contributed by atoms with Crippen LogP contribution in [-0.4, -0.2) is 4.98 Å². The van der Waals surface area contributed by atoms with Crippen LogP contribution in [-0.2, 0) is 0 Å². The fourth-order valence-corrected chi connectivity index (χ4v) is 2.98. The predicted molar refractivity (Wildman–Crippen MR) is 89.8 cm³/mol. The molecule has 1 nitrogen and oxygen atoms in total. The van der Waals surface area contributed by atoms with Gasteiger partial charge in [-0.25, -0.2) is 0 Å². The number of benzene rings is 1. The van der Waals surface area contributed by atoms with Crippen LogP contribution >= 0.6 is 23.2 Å². The van der Waals surface area contributed by atoms with Crippen LogP contribution in [0.2, 0.25) is 10.0 Å². The first-order valence-electron chi connectivity index (χ1n) is 6.59. The highest BCUT2D eigenvalue weighted by Gasteiger charge is 2.24. The highest BCUT2D eigenvalue weighted by atomic mass is 35.5. The van der Waals surface area contributed by atoms with Crippen molar-refractivity contribution in [1.82, 2.24) is 4.98 Å². The molecular weight excluding hydrogens is 301 g/mol. The molecule has 0 N–H and O–H groups in total. The van der Waals surface area contributed by atoms with Gasteiger partial charge < -0.3 is 0 Å². The zero-order valence-electron chi connectivity index (χ0n) is 11.5. The van der Waals surface area contributed by atoms with Crippen LogP contribution in [0.5, 0.6) is 0 Å². The summed E-state index contributed by atoms with van der Waals surface area (Å²) < 4.78 is 0. The standard InChI is InChI=1S/C18H15Cl2N/c1-3-6-16(17-9-8-14(19)11-18(17)20)15(4-2)13-7-5-10-21-12-13/h2-3,5,7-12,15-16H,1,6H2. The zero-order chi connectivity index (χ0) is 15.2. The van der Waals surface area contributed by atoms with Crippen molar-refractivity contribution in [3.8, 4) is 12.3 Å². The molecule has 106 valence electrons. The lowest BCUT2D eigenvalue weighted by atomic mass is 9.80. The molecule has 0 radical (unpaired) electrons. The summed E-state index contributed by atoms with van der Waals surface area (Å²) in [6, 6.07) is 9.37. The van der Waals surface area contributed by atoms with Crippen molar-refractivity contribution in [1.29, 1.82) is 0 Å². The molecule has 0 saturated heterocycles. The zero-order valence-corrected chi connectivity index (χ0v) is 13.0. The average Bonchev–Trinajstić information content (AvgIpc) is 2.48. The number of halogens is 2. The largest absolute Gasteiger partial charge is 0.264 e. The first-order valence-corrected chi connectivity index (χ1v) is 7.35. The van der Waals surface area contributed by atoms with Crippen molar-refractivity contribution in [2.75, 3.05) is 0 Å². The molecule has 2 rings (SSSR count). The van der Waals surface area contributed by atoms with Crippen LogP contribution in [0, 0.1) is 12.3 Å². The lowest BCUT2D eigenvalue weighted by Gasteiger charge is -2.24. The second-order valence-electron chi connectivity index (χ2n) is 4.73. The highest BCUT2D eigenvalue weighted by molar-refractivity contribution is 6.35. The Morgan fingerprint density at radius 2 is 2.14 bits per heavy atom. The molecule has 2 unspecified atom stereocenters. The molecule has 0 aliphatic rings. The van der Waals surface area contributed by atoms with Crippen molar-refractivity contribution in [3.05, 3.63) is 76.6 Å². The average molecular weight is 316 g/mol. The number of hydrogen-bond acceptors (Lipinski definition) is 1. The smallest absolute Gasteiger partial charge is 0.0536 e. The Balaban J connectivity index is 2.46. The summed E-state index contributed by atoms with van der Waals surface area (Å²) in [5.74, 6) is 2.79. The van der Waals surface area contributed by atoms with Crippen molar-refractivity contribution in [2.45, 2.75) is 18.3 Å². The molecule has 21 heavy (non-hydrogen) atoms. The topological polar surface area (TPSA) is 12.9 Å². The van der Waals surface area contributed by atoms with Gasteiger partial charge in [-0.2, -0.15) is 0 Å². The van der Waals surface area contributed by atoms with Crippen LogP contribution in [0.1, 0.15) is 29.4 Å².